The maximum absolute atomic E-state index is 12.0. The Morgan fingerprint density at radius 3 is 2.72 bits per heavy atom. The van der Waals surface area contributed by atoms with E-state index < -0.39 is 0 Å². The van der Waals surface area contributed by atoms with E-state index in [-0.39, 0.29) is 42.5 Å². The Hall–Kier alpha value is -0.940. The fourth-order valence-corrected chi connectivity index (χ4v) is 4.73. The van der Waals surface area contributed by atoms with E-state index in [1.54, 1.807) is 19.0 Å². The van der Waals surface area contributed by atoms with Crippen molar-refractivity contribution >= 4 is 47.2 Å². The number of carbonyl (C=O) groups excluding carboxylic acids is 1. The molecule has 1 aliphatic heterocycles. The van der Waals surface area contributed by atoms with Crippen LogP contribution in [0.15, 0.2) is 4.99 Å². The van der Waals surface area contributed by atoms with Crippen LogP contribution in [-0.4, -0.2) is 73.6 Å². The Kier molecular flexibility index (Phi) is 10.1. The van der Waals surface area contributed by atoms with E-state index in [1.165, 1.54) is 29.8 Å². The first-order valence-corrected chi connectivity index (χ1v) is 11.1. The van der Waals surface area contributed by atoms with Crippen molar-refractivity contribution in [2.75, 3.05) is 40.8 Å². The average Bonchev–Trinajstić information content (AvgIpc) is 3.10. The molecule has 1 atom stereocenters. The van der Waals surface area contributed by atoms with Gasteiger partial charge in [-0.25, -0.2) is 9.98 Å². The first kappa shape index (κ1) is 24.3. The number of thiazole rings is 1. The zero-order chi connectivity index (χ0) is 19.9. The van der Waals surface area contributed by atoms with E-state index in [9.17, 15) is 4.79 Å². The lowest BCUT2D eigenvalue weighted by molar-refractivity contribution is -0.127. The molecular formula is C20H34IN5O2S. The molecule has 3 rings (SSSR count). The van der Waals surface area contributed by atoms with Gasteiger partial charge in [0.15, 0.2) is 5.96 Å². The van der Waals surface area contributed by atoms with Crippen LogP contribution < -0.4 is 5.32 Å². The third-order valence-corrected chi connectivity index (χ3v) is 6.39. The van der Waals surface area contributed by atoms with Crippen LogP contribution in [0.5, 0.6) is 0 Å². The van der Waals surface area contributed by atoms with Crippen molar-refractivity contribution in [3.05, 3.63) is 15.6 Å². The second kappa shape index (κ2) is 12.0. The van der Waals surface area contributed by atoms with E-state index in [0.29, 0.717) is 13.1 Å². The maximum Gasteiger partial charge on any atom is 0.243 e. The lowest BCUT2D eigenvalue weighted by atomic mass is 10.0. The molecule has 0 bridgehead atoms. The summed E-state index contributed by atoms with van der Waals surface area (Å²) in [6.07, 6.45) is 8.41. The summed E-state index contributed by atoms with van der Waals surface area (Å²) in [7, 11) is 5.52. The largest absolute Gasteiger partial charge is 0.376 e. The lowest BCUT2D eigenvalue weighted by Gasteiger charge is -2.26. The molecule has 1 unspecified atom stereocenters. The van der Waals surface area contributed by atoms with Crippen LogP contribution in [0.3, 0.4) is 0 Å². The molecule has 1 N–H and O–H groups in total. The number of carbonyl (C=O) groups is 1. The number of aryl methyl sites for hydroxylation is 2. The molecule has 0 saturated carbocycles. The third-order valence-electron chi connectivity index (χ3n) is 5.25. The van der Waals surface area contributed by atoms with Crippen LogP contribution in [0.1, 0.15) is 47.7 Å². The van der Waals surface area contributed by atoms with Gasteiger partial charge in [-0.15, -0.1) is 35.3 Å². The van der Waals surface area contributed by atoms with Crippen LogP contribution in [0.2, 0.25) is 0 Å². The van der Waals surface area contributed by atoms with Crippen molar-refractivity contribution in [3.8, 4) is 0 Å². The van der Waals surface area contributed by atoms with E-state index in [0.717, 1.165) is 43.3 Å². The summed E-state index contributed by atoms with van der Waals surface area (Å²) in [5.74, 6) is 0.726. The van der Waals surface area contributed by atoms with Crippen molar-refractivity contribution in [1.82, 2.24) is 20.1 Å². The highest BCUT2D eigenvalue weighted by molar-refractivity contribution is 14.0. The van der Waals surface area contributed by atoms with Gasteiger partial charge in [-0.05, 0) is 44.9 Å². The SMILES string of the molecule is CN(C)C(=O)CN=C(NCC1CCCCO1)N(C)Cc1nc2c(s1)CCCC2.I. The number of rotatable bonds is 6. The average molecular weight is 535 g/mol. The fraction of sp³-hybridized carbons (Fsp3) is 0.750. The second-order valence-corrected chi connectivity index (χ2v) is 9.01. The van der Waals surface area contributed by atoms with Crippen LogP contribution >= 0.6 is 35.3 Å². The van der Waals surface area contributed by atoms with Gasteiger partial charge >= 0.3 is 0 Å². The first-order chi connectivity index (χ1) is 13.5. The summed E-state index contributed by atoms with van der Waals surface area (Å²) in [5, 5.41) is 4.54. The molecule has 1 aliphatic carbocycles. The number of aliphatic imine (C=N–C) groups is 1. The summed E-state index contributed by atoms with van der Waals surface area (Å²) in [6.45, 7) is 2.39. The van der Waals surface area contributed by atoms with Crippen molar-refractivity contribution in [1.29, 1.82) is 0 Å². The highest BCUT2D eigenvalue weighted by Crippen LogP contribution is 2.27. The molecule has 1 saturated heterocycles. The Morgan fingerprint density at radius 1 is 1.24 bits per heavy atom. The minimum Gasteiger partial charge on any atom is -0.376 e. The second-order valence-electron chi connectivity index (χ2n) is 7.84. The number of halogens is 1. The molecule has 0 spiro atoms. The molecule has 2 heterocycles. The molecule has 7 nitrogen and oxygen atoms in total. The van der Waals surface area contributed by atoms with Crippen LogP contribution in [-0.2, 0) is 28.9 Å². The van der Waals surface area contributed by atoms with Gasteiger partial charge < -0.3 is 19.9 Å². The van der Waals surface area contributed by atoms with E-state index in [2.05, 4.69) is 15.2 Å². The molecular weight excluding hydrogens is 501 g/mol. The number of likely N-dealkylation sites (N-methyl/N-ethyl adjacent to an activating group) is 1. The summed E-state index contributed by atoms with van der Waals surface area (Å²) in [5.41, 5.74) is 1.28. The van der Waals surface area contributed by atoms with Gasteiger partial charge in [-0.3, -0.25) is 4.79 Å². The predicted octanol–water partition coefficient (Wildman–Crippen LogP) is 2.67. The number of aromatic nitrogens is 1. The van der Waals surface area contributed by atoms with Gasteiger partial charge in [0.2, 0.25) is 5.91 Å². The smallest absolute Gasteiger partial charge is 0.243 e. The highest BCUT2D eigenvalue weighted by atomic mass is 127. The topological polar surface area (TPSA) is 70.1 Å². The Balaban J connectivity index is 0.00000300. The number of nitrogens with zero attached hydrogens (tertiary/aromatic N) is 4. The maximum atomic E-state index is 12.0. The highest BCUT2D eigenvalue weighted by Gasteiger charge is 2.19. The number of fused-ring (bicyclic) bond motifs is 1. The fourth-order valence-electron chi connectivity index (χ4n) is 3.52. The molecule has 0 radical (unpaired) electrons. The zero-order valence-electron chi connectivity index (χ0n) is 17.8. The van der Waals surface area contributed by atoms with Crippen LogP contribution in [0.25, 0.3) is 0 Å². The van der Waals surface area contributed by atoms with Gasteiger partial charge in [0.1, 0.15) is 11.6 Å². The molecule has 0 aromatic carbocycles. The monoisotopic (exact) mass is 535 g/mol. The van der Waals surface area contributed by atoms with Gasteiger partial charge in [0.25, 0.3) is 0 Å². The third kappa shape index (κ3) is 7.36. The Labute approximate surface area is 195 Å². The zero-order valence-corrected chi connectivity index (χ0v) is 20.9. The molecule has 164 valence electrons. The quantitative estimate of drug-likeness (QED) is 0.345. The summed E-state index contributed by atoms with van der Waals surface area (Å²) >= 11 is 1.82. The molecule has 1 aromatic rings. The van der Waals surface area contributed by atoms with E-state index in [4.69, 9.17) is 9.72 Å². The normalized spacial score (nSPS) is 19.1. The van der Waals surface area contributed by atoms with E-state index in [1.807, 2.05) is 18.4 Å². The van der Waals surface area contributed by atoms with E-state index >= 15 is 0 Å². The van der Waals surface area contributed by atoms with Crippen molar-refractivity contribution in [3.63, 3.8) is 0 Å². The van der Waals surface area contributed by atoms with Gasteiger partial charge in [0.05, 0.1) is 18.3 Å². The minimum absolute atomic E-state index is 0. The molecule has 1 aromatic heterocycles. The Bertz CT molecular complexity index is 665. The van der Waals surface area contributed by atoms with Crippen molar-refractivity contribution < 1.29 is 9.53 Å². The first-order valence-electron chi connectivity index (χ1n) is 10.3. The summed E-state index contributed by atoms with van der Waals surface area (Å²) < 4.78 is 5.82. The van der Waals surface area contributed by atoms with Crippen LogP contribution in [0, 0.1) is 0 Å². The number of amides is 1. The molecule has 29 heavy (non-hydrogen) atoms. The number of guanidine groups is 1. The molecule has 1 fully saturated rings. The number of hydrogen-bond acceptors (Lipinski definition) is 5. The molecule has 9 heteroatoms. The predicted molar refractivity (Wildman–Crippen MR) is 128 cm³/mol. The molecule has 1 amide bonds. The van der Waals surface area contributed by atoms with Gasteiger partial charge in [-0.2, -0.15) is 0 Å². The van der Waals surface area contributed by atoms with Gasteiger partial charge in [-0.1, -0.05) is 0 Å². The number of hydrogen-bond donors (Lipinski definition) is 1. The van der Waals surface area contributed by atoms with Crippen molar-refractivity contribution in [2.24, 2.45) is 4.99 Å². The Morgan fingerprint density at radius 2 is 2.03 bits per heavy atom. The number of nitrogens with one attached hydrogen (secondary N) is 1. The van der Waals surface area contributed by atoms with Crippen LogP contribution in [0.4, 0.5) is 0 Å². The summed E-state index contributed by atoms with van der Waals surface area (Å²) in [6, 6.07) is 0. The number of ether oxygens (including phenoxy) is 1. The summed E-state index contributed by atoms with van der Waals surface area (Å²) in [4.78, 5) is 26.5. The lowest BCUT2D eigenvalue weighted by Crippen LogP contribution is -2.43. The molecule has 2 aliphatic rings. The van der Waals surface area contributed by atoms with Gasteiger partial charge in [0, 0.05) is 39.2 Å². The van der Waals surface area contributed by atoms with Crippen molar-refractivity contribution in [2.45, 2.75) is 57.6 Å². The standard InChI is InChI=1S/C20H33N5O2S.HI/c1-24(2)19(26)13-22-20(21-12-15-8-6-7-11-27-15)25(3)14-18-23-16-9-4-5-10-17(16)28-18;/h15H,4-14H2,1-3H3,(H,21,22);1H. The minimum atomic E-state index is -0.00803.